The minimum absolute atomic E-state index is 0.0598. The first kappa shape index (κ1) is 29.6. The first-order valence-electron chi connectivity index (χ1n) is 14.7. The van der Waals surface area contributed by atoms with Crippen molar-refractivity contribution in [3.05, 3.63) is 83.9 Å². The molecule has 43 heavy (non-hydrogen) atoms. The van der Waals surface area contributed by atoms with E-state index < -0.39 is 9.84 Å². The zero-order valence-electron chi connectivity index (χ0n) is 24.5. The highest BCUT2D eigenvalue weighted by molar-refractivity contribution is 8.16. The Morgan fingerprint density at radius 2 is 1.58 bits per heavy atom. The highest BCUT2D eigenvalue weighted by Crippen LogP contribution is 2.41. The number of amides is 1. The summed E-state index contributed by atoms with van der Waals surface area (Å²) >= 11 is 1.39. The fourth-order valence-corrected chi connectivity index (χ4v) is 10.3. The Hall–Kier alpha value is -3.50. The van der Waals surface area contributed by atoms with Gasteiger partial charge in [-0.15, -0.1) is 0 Å². The van der Waals surface area contributed by atoms with E-state index in [1.807, 2.05) is 23.1 Å². The van der Waals surface area contributed by atoms with Crippen LogP contribution in [0.1, 0.15) is 24.0 Å². The number of nitrogens with zero attached hydrogens (tertiary/aromatic N) is 3. The van der Waals surface area contributed by atoms with Gasteiger partial charge in [0, 0.05) is 29.7 Å². The molecule has 226 valence electrons. The van der Waals surface area contributed by atoms with Crippen molar-refractivity contribution in [3.63, 3.8) is 0 Å². The molecule has 0 radical (unpaired) electrons. The number of aliphatic imine (C=N–C) groups is 1. The van der Waals surface area contributed by atoms with Crippen molar-refractivity contribution in [1.82, 2.24) is 0 Å². The number of ether oxygens (including phenoxy) is 2. The summed E-state index contributed by atoms with van der Waals surface area (Å²) < 4.78 is 35.7. The Morgan fingerprint density at radius 1 is 0.884 bits per heavy atom. The number of fused-ring (bicyclic) bond motifs is 1. The summed E-state index contributed by atoms with van der Waals surface area (Å²) in [5.41, 5.74) is 4.19. The Labute approximate surface area is 258 Å². The molecule has 0 spiro atoms. The van der Waals surface area contributed by atoms with E-state index >= 15 is 0 Å². The topological polar surface area (TPSA) is 88.5 Å². The van der Waals surface area contributed by atoms with E-state index in [0.29, 0.717) is 22.6 Å². The monoisotopic (exact) mass is 619 g/mol. The van der Waals surface area contributed by atoms with E-state index in [2.05, 4.69) is 52.4 Å². The number of thioether (sulfide) groups is 1. The zero-order chi connectivity index (χ0) is 30.0. The molecule has 10 heteroatoms. The molecule has 3 saturated heterocycles. The average molecular weight is 620 g/mol. The fourth-order valence-electron chi connectivity index (χ4n) is 6.34. The van der Waals surface area contributed by atoms with Crippen molar-refractivity contribution in [1.29, 1.82) is 0 Å². The summed E-state index contributed by atoms with van der Waals surface area (Å²) in [6.07, 6.45) is 3.53. The number of anilines is 2. The van der Waals surface area contributed by atoms with Gasteiger partial charge in [0.15, 0.2) is 26.5 Å². The van der Waals surface area contributed by atoms with Crippen molar-refractivity contribution >= 4 is 44.0 Å². The van der Waals surface area contributed by atoms with Crippen molar-refractivity contribution in [2.45, 2.75) is 37.0 Å². The molecule has 0 bridgehead atoms. The maximum Gasteiger partial charge on any atom is 0.252 e. The smallest absolute Gasteiger partial charge is 0.252 e. The molecule has 8 nitrogen and oxygen atoms in total. The van der Waals surface area contributed by atoms with Gasteiger partial charge in [-0.1, -0.05) is 48.2 Å². The SMILES string of the molecule is COc1ccc(CC(=O)N=C2S[C@@H]3CS(=O)(=O)C[C@H]3N2c2ccc(N3CCC(Cc4ccccc4)CC3)cc2)cc1OC. The number of sulfone groups is 1. The Morgan fingerprint density at radius 3 is 2.28 bits per heavy atom. The quantitative estimate of drug-likeness (QED) is 0.348. The van der Waals surface area contributed by atoms with Gasteiger partial charge in [0.05, 0.1) is 38.2 Å². The van der Waals surface area contributed by atoms with Crippen molar-refractivity contribution < 1.29 is 22.7 Å². The van der Waals surface area contributed by atoms with Gasteiger partial charge >= 0.3 is 0 Å². The number of carbonyl (C=O) groups excluding carboxylic acids is 1. The van der Waals surface area contributed by atoms with Crippen LogP contribution in [0.25, 0.3) is 0 Å². The lowest BCUT2D eigenvalue weighted by Gasteiger charge is -2.34. The molecule has 0 unspecified atom stereocenters. The lowest BCUT2D eigenvalue weighted by atomic mass is 9.90. The molecule has 2 atom stereocenters. The molecule has 6 rings (SSSR count). The van der Waals surface area contributed by atoms with Crippen LogP contribution < -0.4 is 19.3 Å². The molecule has 3 aliphatic heterocycles. The summed E-state index contributed by atoms with van der Waals surface area (Å²) in [5.74, 6) is 1.70. The van der Waals surface area contributed by atoms with E-state index in [1.54, 1.807) is 26.4 Å². The third-order valence-corrected chi connectivity index (χ3v) is 11.8. The standard InChI is InChI=1S/C33H37N3O5S2/c1-40-29-13-8-25(19-30(29)41-2)20-32(37)34-33-36(28-21-43(38,39)22-31(28)42-33)27-11-9-26(10-12-27)35-16-14-24(15-17-35)18-23-6-4-3-5-7-23/h3-13,19,24,28,31H,14-18,20-22H2,1-2H3/t28-,31-/m1/s1. The van der Waals surface area contributed by atoms with Crippen LogP contribution in [0.15, 0.2) is 77.8 Å². The molecule has 0 saturated carbocycles. The second-order valence-corrected chi connectivity index (χ2v) is 14.8. The molecule has 3 aromatic rings. The molecule has 3 heterocycles. The van der Waals surface area contributed by atoms with Gasteiger partial charge in [0.25, 0.3) is 5.91 Å². The summed E-state index contributed by atoms with van der Waals surface area (Å²) in [4.78, 5) is 22.0. The summed E-state index contributed by atoms with van der Waals surface area (Å²) in [5, 5.41) is 0.408. The Balaban J connectivity index is 1.16. The van der Waals surface area contributed by atoms with Gasteiger partial charge in [-0.05, 0) is 72.7 Å². The largest absolute Gasteiger partial charge is 0.493 e. The summed E-state index contributed by atoms with van der Waals surface area (Å²) in [6, 6.07) is 24.1. The number of hydrogen-bond acceptors (Lipinski definition) is 7. The van der Waals surface area contributed by atoms with Gasteiger partial charge in [0.2, 0.25) is 0 Å². The molecule has 0 aromatic heterocycles. The van der Waals surface area contributed by atoms with E-state index in [1.165, 1.54) is 17.3 Å². The predicted octanol–water partition coefficient (Wildman–Crippen LogP) is 5.01. The van der Waals surface area contributed by atoms with Gasteiger partial charge in [0.1, 0.15) is 0 Å². The number of carbonyl (C=O) groups is 1. The lowest BCUT2D eigenvalue weighted by Crippen LogP contribution is -2.38. The average Bonchev–Trinajstić information content (AvgIpc) is 3.48. The minimum atomic E-state index is -3.15. The molecule has 0 N–H and O–H groups in total. The highest BCUT2D eigenvalue weighted by atomic mass is 32.2. The van der Waals surface area contributed by atoms with Gasteiger partial charge in [-0.2, -0.15) is 4.99 Å². The van der Waals surface area contributed by atoms with Crippen LogP contribution in [-0.4, -0.2) is 69.6 Å². The molecule has 0 aliphatic carbocycles. The van der Waals surface area contributed by atoms with Crippen LogP contribution in [0.2, 0.25) is 0 Å². The number of hydrogen-bond donors (Lipinski definition) is 0. The number of rotatable bonds is 8. The van der Waals surface area contributed by atoms with Crippen molar-refractivity contribution in [2.75, 3.05) is 48.6 Å². The molecule has 1 amide bonds. The number of benzene rings is 3. The Kier molecular flexibility index (Phi) is 8.68. The molecule has 3 aromatic carbocycles. The zero-order valence-corrected chi connectivity index (χ0v) is 26.1. The van der Waals surface area contributed by atoms with Crippen LogP contribution in [0, 0.1) is 5.92 Å². The molecule has 3 aliphatic rings. The van der Waals surface area contributed by atoms with Crippen LogP contribution >= 0.6 is 11.8 Å². The lowest BCUT2D eigenvalue weighted by molar-refractivity contribution is -0.117. The fraction of sp³-hybridized carbons (Fsp3) is 0.394. The number of piperidine rings is 1. The third-order valence-electron chi connectivity index (χ3n) is 8.56. The minimum Gasteiger partial charge on any atom is -0.493 e. The molecule has 3 fully saturated rings. The Bertz CT molecular complexity index is 1590. The maximum atomic E-state index is 13.1. The number of methoxy groups -OCH3 is 2. The second-order valence-electron chi connectivity index (χ2n) is 11.5. The van der Waals surface area contributed by atoms with Crippen molar-refractivity contribution in [3.8, 4) is 11.5 Å². The normalized spacial score (nSPS) is 22.5. The summed E-state index contributed by atoms with van der Waals surface area (Å²) in [7, 11) is -0.0239. The van der Waals surface area contributed by atoms with Gasteiger partial charge in [-0.25, -0.2) is 8.42 Å². The van der Waals surface area contributed by atoms with E-state index in [0.717, 1.165) is 49.3 Å². The first-order valence-corrected chi connectivity index (χ1v) is 17.4. The second kappa shape index (κ2) is 12.6. The van der Waals surface area contributed by atoms with E-state index in [4.69, 9.17) is 9.47 Å². The van der Waals surface area contributed by atoms with Crippen LogP contribution in [0.4, 0.5) is 11.4 Å². The van der Waals surface area contributed by atoms with Crippen LogP contribution in [0.5, 0.6) is 11.5 Å². The van der Waals surface area contributed by atoms with Gasteiger partial charge in [-0.3, -0.25) is 4.79 Å². The van der Waals surface area contributed by atoms with E-state index in [-0.39, 0.29) is 35.1 Å². The maximum absolute atomic E-state index is 13.1. The third kappa shape index (κ3) is 6.70. The highest BCUT2D eigenvalue weighted by Gasteiger charge is 2.49. The molecular weight excluding hydrogens is 583 g/mol. The predicted molar refractivity (Wildman–Crippen MR) is 174 cm³/mol. The summed E-state index contributed by atoms with van der Waals surface area (Å²) in [6.45, 7) is 2.02. The van der Waals surface area contributed by atoms with Crippen LogP contribution in [0.3, 0.4) is 0 Å². The molecular formula is C33H37N3O5S2. The van der Waals surface area contributed by atoms with Crippen LogP contribution in [-0.2, 0) is 27.5 Å². The van der Waals surface area contributed by atoms with E-state index in [9.17, 15) is 13.2 Å². The van der Waals surface area contributed by atoms with Crippen molar-refractivity contribution in [2.24, 2.45) is 10.9 Å². The first-order chi connectivity index (χ1) is 20.8. The van der Waals surface area contributed by atoms with Gasteiger partial charge < -0.3 is 19.3 Å². The number of amidine groups is 1.